The Morgan fingerprint density at radius 1 is 1.38 bits per heavy atom. The summed E-state index contributed by atoms with van der Waals surface area (Å²) in [5, 5.41) is 2.67. The van der Waals surface area contributed by atoms with Crippen molar-refractivity contribution in [3.05, 3.63) is 17.0 Å². The molecule has 1 amide bonds. The number of sulfonamides is 1. The highest BCUT2D eigenvalue weighted by atomic mass is 32.2. The highest BCUT2D eigenvalue weighted by Gasteiger charge is 2.23. The number of rotatable bonds is 7. The largest absolute Gasteiger partial charge is 0.351 e. The number of nitrogens with one attached hydrogen (secondary N) is 2. The summed E-state index contributed by atoms with van der Waals surface area (Å²) in [5.41, 5.74) is 0. The fraction of sp³-hybridized carbons (Fsp3) is 0.688. The van der Waals surface area contributed by atoms with Gasteiger partial charge in [-0.05, 0) is 50.9 Å². The van der Waals surface area contributed by atoms with Crippen LogP contribution in [0.4, 0.5) is 0 Å². The molecule has 2 N–H and O–H groups in total. The molecule has 1 unspecified atom stereocenters. The minimum absolute atomic E-state index is 0.129. The molecule has 6 nitrogen and oxygen atoms in total. The Hall–Kier alpha value is -0.960. The van der Waals surface area contributed by atoms with Crippen molar-refractivity contribution in [2.75, 3.05) is 19.6 Å². The molecule has 0 spiro atoms. The Labute approximate surface area is 148 Å². The first-order valence-corrected chi connectivity index (χ1v) is 10.6. The monoisotopic (exact) mass is 373 g/mol. The predicted molar refractivity (Wildman–Crippen MR) is 96.5 cm³/mol. The van der Waals surface area contributed by atoms with Crippen LogP contribution in [0.25, 0.3) is 0 Å². The molecule has 0 radical (unpaired) electrons. The number of likely N-dealkylation sites (tertiary alicyclic amines) is 1. The van der Waals surface area contributed by atoms with Crippen LogP contribution < -0.4 is 10.0 Å². The molecular weight excluding hydrogens is 346 g/mol. The highest BCUT2D eigenvalue weighted by molar-refractivity contribution is 7.91. The van der Waals surface area contributed by atoms with E-state index in [-0.39, 0.29) is 11.9 Å². The third-order valence-electron chi connectivity index (χ3n) is 4.42. The third kappa shape index (κ3) is 5.54. The minimum Gasteiger partial charge on any atom is -0.351 e. The second kappa shape index (κ2) is 8.42. The molecule has 0 bridgehead atoms. The standard InChI is InChI=1S/C16H27N3O3S2/c1-12-6-8-19(9-7-12)13(2)10-18-24(21,22)16-5-4-15(23-16)11-17-14(3)20/h4-5,12-13,18H,6-11H2,1-3H3,(H,17,20). The average Bonchev–Trinajstić information content (AvgIpc) is 3.01. The molecule has 0 aliphatic carbocycles. The smallest absolute Gasteiger partial charge is 0.250 e. The average molecular weight is 374 g/mol. The summed E-state index contributed by atoms with van der Waals surface area (Å²) >= 11 is 1.19. The Balaban J connectivity index is 1.87. The van der Waals surface area contributed by atoms with E-state index in [2.05, 4.69) is 28.8 Å². The summed E-state index contributed by atoms with van der Waals surface area (Å²) in [7, 11) is -3.49. The van der Waals surface area contributed by atoms with Gasteiger partial charge in [-0.1, -0.05) is 6.92 Å². The first kappa shape index (κ1) is 19.4. The van der Waals surface area contributed by atoms with E-state index in [1.807, 2.05) is 0 Å². The van der Waals surface area contributed by atoms with Gasteiger partial charge in [0.2, 0.25) is 15.9 Å². The van der Waals surface area contributed by atoms with Crippen molar-refractivity contribution in [3.8, 4) is 0 Å². The zero-order chi connectivity index (χ0) is 17.7. The van der Waals surface area contributed by atoms with Gasteiger partial charge in [-0.3, -0.25) is 9.69 Å². The molecule has 1 atom stereocenters. The zero-order valence-corrected chi connectivity index (χ0v) is 16.2. The van der Waals surface area contributed by atoms with Gasteiger partial charge < -0.3 is 5.32 Å². The number of amides is 1. The molecule has 24 heavy (non-hydrogen) atoms. The Kier molecular flexibility index (Phi) is 6.79. The van der Waals surface area contributed by atoms with Crippen LogP contribution in [0.1, 0.15) is 38.5 Å². The molecule has 1 aliphatic rings. The summed E-state index contributed by atoms with van der Waals surface area (Å²) in [6.45, 7) is 8.60. The van der Waals surface area contributed by atoms with Gasteiger partial charge in [0.15, 0.2) is 0 Å². The van der Waals surface area contributed by atoms with Gasteiger partial charge >= 0.3 is 0 Å². The van der Waals surface area contributed by atoms with Crippen LogP contribution in [-0.4, -0.2) is 44.9 Å². The molecule has 136 valence electrons. The van der Waals surface area contributed by atoms with E-state index < -0.39 is 10.0 Å². The minimum atomic E-state index is -3.49. The molecule has 8 heteroatoms. The van der Waals surface area contributed by atoms with Gasteiger partial charge in [-0.2, -0.15) is 0 Å². The number of thiophene rings is 1. The number of piperidine rings is 1. The maximum Gasteiger partial charge on any atom is 0.250 e. The summed E-state index contributed by atoms with van der Waals surface area (Å²) in [6, 6.07) is 3.52. The van der Waals surface area contributed by atoms with Crippen molar-refractivity contribution in [2.45, 2.75) is 50.4 Å². The van der Waals surface area contributed by atoms with Crippen LogP contribution in [0.2, 0.25) is 0 Å². The Morgan fingerprint density at radius 3 is 2.67 bits per heavy atom. The molecule has 1 saturated heterocycles. The summed E-state index contributed by atoms with van der Waals surface area (Å²) in [6.07, 6.45) is 2.35. The van der Waals surface area contributed by atoms with Gasteiger partial charge in [0.25, 0.3) is 0 Å². The van der Waals surface area contributed by atoms with Crippen LogP contribution >= 0.6 is 11.3 Å². The number of hydrogen-bond acceptors (Lipinski definition) is 5. The van der Waals surface area contributed by atoms with Crippen LogP contribution in [0.5, 0.6) is 0 Å². The summed E-state index contributed by atoms with van der Waals surface area (Å²) < 4.78 is 27.8. The van der Waals surface area contributed by atoms with E-state index >= 15 is 0 Å². The molecule has 1 aromatic rings. The Bertz CT molecular complexity index is 649. The number of carbonyl (C=O) groups excluding carboxylic acids is 1. The summed E-state index contributed by atoms with van der Waals surface area (Å²) in [4.78, 5) is 14.1. The lowest BCUT2D eigenvalue weighted by Gasteiger charge is -2.34. The number of carbonyl (C=O) groups is 1. The molecule has 2 rings (SSSR count). The van der Waals surface area contributed by atoms with Crippen LogP contribution in [-0.2, 0) is 21.4 Å². The molecule has 2 heterocycles. The molecule has 0 aromatic carbocycles. The topological polar surface area (TPSA) is 78.5 Å². The van der Waals surface area contributed by atoms with E-state index in [0.717, 1.165) is 23.9 Å². The van der Waals surface area contributed by atoms with Crippen molar-refractivity contribution >= 4 is 27.3 Å². The quantitative estimate of drug-likeness (QED) is 0.764. The van der Waals surface area contributed by atoms with E-state index in [4.69, 9.17) is 0 Å². The first-order valence-electron chi connectivity index (χ1n) is 8.35. The van der Waals surface area contributed by atoms with E-state index in [0.29, 0.717) is 17.3 Å². The molecule has 0 saturated carbocycles. The predicted octanol–water partition coefficient (Wildman–Crippen LogP) is 1.78. The van der Waals surface area contributed by atoms with Crippen molar-refractivity contribution in [3.63, 3.8) is 0 Å². The molecular formula is C16H27N3O3S2. The first-order chi connectivity index (χ1) is 11.3. The summed E-state index contributed by atoms with van der Waals surface area (Å²) in [5.74, 6) is 0.633. The molecule has 1 aliphatic heterocycles. The van der Waals surface area contributed by atoms with E-state index in [1.54, 1.807) is 12.1 Å². The fourth-order valence-corrected chi connectivity index (χ4v) is 5.17. The molecule has 1 fully saturated rings. The van der Waals surface area contributed by atoms with Gasteiger partial charge in [-0.25, -0.2) is 13.1 Å². The maximum absolute atomic E-state index is 12.4. The van der Waals surface area contributed by atoms with E-state index in [9.17, 15) is 13.2 Å². The van der Waals surface area contributed by atoms with Gasteiger partial charge in [0.1, 0.15) is 4.21 Å². The normalized spacial score (nSPS) is 18.5. The molecule has 1 aromatic heterocycles. The van der Waals surface area contributed by atoms with Gasteiger partial charge in [0, 0.05) is 24.4 Å². The van der Waals surface area contributed by atoms with E-state index in [1.165, 1.54) is 31.1 Å². The van der Waals surface area contributed by atoms with Crippen molar-refractivity contribution in [1.29, 1.82) is 0 Å². The lowest BCUT2D eigenvalue weighted by atomic mass is 9.98. The van der Waals surface area contributed by atoms with Crippen molar-refractivity contribution in [2.24, 2.45) is 5.92 Å². The lowest BCUT2D eigenvalue weighted by Crippen LogP contribution is -2.45. The highest BCUT2D eigenvalue weighted by Crippen LogP contribution is 2.22. The zero-order valence-electron chi connectivity index (χ0n) is 14.5. The number of nitrogens with zero attached hydrogens (tertiary/aromatic N) is 1. The van der Waals surface area contributed by atoms with Crippen LogP contribution in [0.3, 0.4) is 0 Å². The van der Waals surface area contributed by atoms with Crippen LogP contribution in [0, 0.1) is 5.92 Å². The fourth-order valence-electron chi connectivity index (χ4n) is 2.71. The maximum atomic E-state index is 12.4. The van der Waals surface area contributed by atoms with Crippen molar-refractivity contribution < 1.29 is 13.2 Å². The van der Waals surface area contributed by atoms with Crippen molar-refractivity contribution in [1.82, 2.24) is 14.9 Å². The lowest BCUT2D eigenvalue weighted by molar-refractivity contribution is -0.119. The number of hydrogen-bond donors (Lipinski definition) is 2. The SMILES string of the molecule is CC(=O)NCc1ccc(S(=O)(=O)NCC(C)N2CCC(C)CC2)s1. The van der Waals surface area contributed by atoms with Gasteiger partial charge in [-0.15, -0.1) is 11.3 Å². The van der Waals surface area contributed by atoms with Crippen LogP contribution in [0.15, 0.2) is 16.3 Å². The third-order valence-corrected chi connectivity index (χ3v) is 7.42. The van der Waals surface area contributed by atoms with Gasteiger partial charge in [0.05, 0.1) is 6.54 Å². The second-order valence-corrected chi connectivity index (χ2v) is 9.71. The second-order valence-electron chi connectivity index (χ2n) is 6.55. The Morgan fingerprint density at radius 2 is 2.04 bits per heavy atom.